The second-order valence-electron chi connectivity index (χ2n) is 6.12. The molecular weight excluding hydrogens is 248 g/mol. The van der Waals surface area contributed by atoms with Crippen molar-refractivity contribution in [3.63, 3.8) is 0 Å². The van der Waals surface area contributed by atoms with E-state index in [1.54, 1.807) is 6.33 Å². The number of rotatable bonds is 2. The Morgan fingerprint density at radius 3 is 2.55 bits per heavy atom. The number of hydrogen-bond acceptors (Lipinski definition) is 3. The first-order valence-electron chi connectivity index (χ1n) is 7.71. The third-order valence-corrected chi connectivity index (χ3v) is 5.12. The predicted octanol–water partition coefficient (Wildman–Crippen LogP) is 3.77. The molecule has 0 unspecified atom stereocenters. The highest BCUT2D eigenvalue weighted by Gasteiger charge is 2.25. The van der Waals surface area contributed by atoms with Crippen LogP contribution in [0.3, 0.4) is 0 Å². The number of aryl methyl sites for hydroxylation is 1. The number of nitrogen functional groups attached to an aromatic ring is 1. The van der Waals surface area contributed by atoms with Crippen LogP contribution in [0.2, 0.25) is 0 Å². The standard InChI is InChI=1S/C16H24N4/c1-4-12-5-7-13(8-6-12)20-11(3)10(2)14-15(17)18-9-19-16(14)20/h9,12-13H,4-8H2,1-3H3,(H2,17,18,19). The van der Waals surface area contributed by atoms with Gasteiger partial charge in [0, 0.05) is 11.7 Å². The van der Waals surface area contributed by atoms with Crippen LogP contribution in [0, 0.1) is 19.8 Å². The second kappa shape index (κ2) is 5.08. The molecule has 0 aliphatic heterocycles. The van der Waals surface area contributed by atoms with Gasteiger partial charge in [0.25, 0.3) is 0 Å². The Balaban J connectivity index is 2.04. The quantitative estimate of drug-likeness (QED) is 0.905. The molecule has 0 saturated heterocycles. The van der Waals surface area contributed by atoms with Crippen molar-refractivity contribution in [1.82, 2.24) is 14.5 Å². The van der Waals surface area contributed by atoms with Gasteiger partial charge in [-0.05, 0) is 51.0 Å². The lowest BCUT2D eigenvalue weighted by molar-refractivity contribution is 0.271. The minimum absolute atomic E-state index is 0.572. The molecule has 1 aliphatic carbocycles. The molecule has 4 heteroatoms. The normalized spacial score (nSPS) is 23.4. The topological polar surface area (TPSA) is 56.7 Å². The van der Waals surface area contributed by atoms with Gasteiger partial charge in [0.1, 0.15) is 17.8 Å². The van der Waals surface area contributed by atoms with Gasteiger partial charge in [0.15, 0.2) is 0 Å². The Bertz CT molecular complexity index is 621. The smallest absolute Gasteiger partial charge is 0.146 e. The van der Waals surface area contributed by atoms with Crippen LogP contribution >= 0.6 is 0 Å². The number of nitrogens with zero attached hydrogens (tertiary/aromatic N) is 3. The third kappa shape index (κ3) is 1.98. The van der Waals surface area contributed by atoms with Crippen LogP contribution in [0.5, 0.6) is 0 Å². The second-order valence-corrected chi connectivity index (χ2v) is 6.12. The summed E-state index contributed by atoms with van der Waals surface area (Å²) in [6.07, 6.45) is 8.08. The molecule has 0 radical (unpaired) electrons. The van der Waals surface area contributed by atoms with E-state index in [0.29, 0.717) is 11.9 Å². The molecule has 20 heavy (non-hydrogen) atoms. The van der Waals surface area contributed by atoms with Gasteiger partial charge in [-0.2, -0.15) is 0 Å². The zero-order valence-corrected chi connectivity index (χ0v) is 12.7. The Morgan fingerprint density at radius 2 is 1.90 bits per heavy atom. The molecule has 2 N–H and O–H groups in total. The van der Waals surface area contributed by atoms with Crippen molar-refractivity contribution in [2.45, 2.75) is 58.9 Å². The number of nitrogens with two attached hydrogens (primary N) is 1. The van der Waals surface area contributed by atoms with E-state index in [1.807, 2.05) is 0 Å². The molecule has 1 saturated carbocycles. The van der Waals surface area contributed by atoms with E-state index in [-0.39, 0.29) is 0 Å². The van der Waals surface area contributed by atoms with Crippen LogP contribution in [-0.2, 0) is 0 Å². The van der Waals surface area contributed by atoms with Crippen LogP contribution in [0.4, 0.5) is 5.82 Å². The zero-order valence-electron chi connectivity index (χ0n) is 12.7. The summed E-state index contributed by atoms with van der Waals surface area (Å²) in [5.74, 6) is 1.52. The maximum atomic E-state index is 6.05. The van der Waals surface area contributed by atoms with E-state index in [9.17, 15) is 0 Å². The first-order chi connectivity index (χ1) is 9.63. The molecule has 0 bridgehead atoms. The molecule has 0 spiro atoms. The lowest BCUT2D eigenvalue weighted by Gasteiger charge is -2.30. The molecule has 2 aromatic heterocycles. The van der Waals surface area contributed by atoms with Crippen molar-refractivity contribution in [3.8, 4) is 0 Å². The summed E-state index contributed by atoms with van der Waals surface area (Å²) in [6, 6.07) is 0.572. The Hall–Kier alpha value is -1.58. The van der Waals surface area contributed by atoms with Gasteiger partial charge in [-0.3, -0.25) is 0 Å². The van der Waals surface area contributed by atoms with Crippen molar-refractivity contribution in [3.05, 3.63) is 17.6 Å². The maximum absolute atomic E-state index is 6.05. The van der Waals surface area contributed by atoms with Crippen LogP contribution in [-0.4, -0.2) is 14.5 Å². The van der Waals surface area contributed by atoms with Gasteiger partial charge in [-0.25, -0.2) is 9.97 Å². The van der Waals surface area contributed by atoms with Gasteiger partial charge < -0.3 is 10.3 Å². The van der Waals surface area contributed by atoms with Crippen LogP contribution in [0.25, 0.3) is 11.0 Å². The molecule has 0 atom stereocenters. The van der Waals surface area contributed by atoms with Gasteiger partial charge >= 0.3 is 0 Å². The van der Waals surface area contributed by atoms with Crippen molar-refractivity contribution < 1.29 is 0 Å². The summed E-state index contributed by atoms with van der Waals surface area (Å²) < 4.78 is 2.41. The minimum atomic E-state index is 0.572. The average Bonchev–Trinajstić information content (AvgIpc) is 2.72. The molecule has 0 aromatic carbocycles. The van der Waals surface area contributed by atoms with Crippen molar-refractivity contribution in [1.29, 1.82) is 0 Å². The van der Waals surface area contributed by atoms with Crippen LogP contribution in [0.15, 0.2) is 6.33 Å². The maximum Gasteiger partial charge on any atom is 0.146 e. The van der Waals surface area contributed by atoms with E-state index in [2.05, 4.69) is 35.3 Å². The van der Waals surface area contributed by atoms with E-state index in [4.69, 9.17) is 5.73 Å². The van der Waals surface area contributed by atoms with Crippen LogP contribution < -0.4 is 5.73 Å². The predicted molar refractivity (Wildman–Crippen MR) is 82.7 cm³/mol. The highest BCUT2D eigenvalue weighted by atomic mass is 15.1. The largest absolute Gasteiger partial charge is 0.383 e. The van der Waals surface area contributed by atoms with Crippen LogP contribution in [0.1, 0.15) is 56.3 Å². The summed E-state index contributed by atoms with van der Waals surface area (Å²) in [5, 5.41) is 1.04. The van der Waals surface area contributed by atoms with Crippen molar-refractivity contribution in [2.24, 2.45) is 5.92 Å². The highest BCUT2D eigenvalue weighted by molar-refractivity contribution is 5.90. The number of aromatic nitrogens is 3. The zero-order chi connectivity index (χ0) is 14.3. The van der Waals surface area contributed by atoms with Gasteiger partial charge in [-0.1, -0.05) is 13.3 Å². The molecule has 4 nitrogen and oxygen atoms in total. The van der Waals surface area contributed by atoms with E-state index in [0.717, 1.165) is 17.0 Å². The SMILES string of the molecule is CCC1CCC(n2c(C)c(C)c3c(N)ncnc32)CC1. The van der Waals surface area contributed by atoms with E-state index in [1.165, 1.54) is 43.4 Å². The first kappa shape index (κ1) is 13.4. The molecular formula is C16H24N4. The Labute approximate surface area is 120 Å². The monoisotopic (exact) mass is 272 g/mol. The summed E-state index contributed by atoms with van der Waals surface area (Å²) in [4.78, 5) is 8.66. The number of hydrogen-bond donors (Lipinski definition) is 1. The van der Waals surface area contributed by atoms with Gasteiger partial charge in [-0.15, -0.1) is 0 Å². The van der Waals surface area contributed by atoms with Crippen molar-refractivity contribution >= 4 is 16.9 Å². The fraction of sp³-hybridized carbons (Fsp3) is 0.625. The first-order valence-corrected chi connectivity index (χ1v) is 7.71. The number of fused-ring (bicyclic) bond motifs is 1. The minimum Gasteiger partial charge on any atom is -0.383 e. The summed E-state index contributed by atoms with van der Waals surface area (Å²) in [5.41, 5.74) is 9.60. The molecule has 3 rings (SSSR count). The summed E-state index contributed by atoms with van der Waals surface area (Å²) in [7, 11) is 0. The summed E-state index contributed by atoms with van der Waals surface area (Å²) in [6.45, 7) is 6.62. The molecule has 2 heterocycles. The van der Waals surface area contributed by atoms with Crippen molar-refractivity contribution in [2.75, 3.05) is 5.73 Å². The van der Waals surface area contributed by atoms with Gasteiger partial charge in [0.2, 0.25) is 0 Å². The molecule has 1 fully saturated rings. The summed E-state index contributed by atoms with van der Waals surface area (Å²) >= 11 is 0. The Kier molecular flexibility index (Phi) is 3.40. The average molecular weight is 272 g/mol. The molecule has 108 valence electrons. The van der Waals surface area contributed by atoms with E-state index >= 15 is 0 Å². The fourth-order valence-corrected chi connectivity index (χ4v) is 3.71. The Morgan fingerprint density at radius 1 is 1.20 bits per heavy atom. The van der Waals surface area contributed by atoms with Gasteiger partial charge in [0.05, 0.1) is 5.39 Å². The molecule has 2 aromatic rings. The molecule has 1 aliphatic rings. The third-order valence-electron chi connectivity index (χ3n) is 5.12. The lowest BCUT2D eigenvalue weighted by Crippen LogP contribution is -2.19. The van der Waals surface area contributed by atoms with E-state index < -0.39 is 0 Å². The lowest BCUT2D eigenvalue weighted by atomic mass is 9.84. The fourth-order valence-electron chi connectivity index (χ4n) is 3.71. The molecule has 0 amide bonds. The number of anilines is 1. The highest BCUT2D eigenvalue weighted by Crippen LogP contribution is 2.38.